The van der Waals surface area contributed by atoms with Crippen LogP contribution in [0, 0.1) is 5.41 Å². The molecule has 1 aromatic rings. The number of hydrogen-bond acceptors (Lipinski definition) is 3. The van der Waals surface area contributed by atoms with Crippen LogP contribution in [0.1, 0.15) is 67.3 Å². The molecular formula is C22H30N2O3. The lowest BCUT2D eigenvalue weighted by atomic mass is 9.77. The van der Waals surface area contributed by atoms with E-state index in [4.69, 9.17) is 0 Å². The molecule has 3 fully saturated rings. The average Bonchev–Trinajstić information content (AvgIpc) is 3.08. The van der Waals surface area contributed by atoms with Crippen molar-refractivity contribution in [3.63, 3.8) is 0 Å². The van der Waals surface area contributed by atoms with E-state index in [1.54, 1.807) is 12.1 Å². The number of benzene rings is 1. The third-order valence-corrected chi connectivity index (χ3v) is 6.86. The number of carboxylic acids is 1. The van der Waals surface area contributed by atoms with E-state index in [1.165, 1.54) is 19.3 Å². The van der Waals surface area contributed by atoms with E-state index >= 15 is 0 Å². The van der Waals surface area contributed by atoms with Crippen LogP contribution in [0.25, 0.3) is 0 Å². The quantitative estimate of drug-likeness (QED) is 0.881. The molecule has 0 aromatic heterocycles. The van der Waals surface area contributed by atoms with Gasteiger partial charge in [0.05, 0.1) is 11.0 Å². The molecule has 1 N–H and O–H groups in total. The third kappa shape index (κ3) is 3.62. The summed E-state index contributed by atoms with van der Waals surface area (Å²) in [6.07, 6.45) is 9.12. The summed E-state index contributed by atoms with van der Waals surface area (Å²) >= 11 is 0. The molecule has 0 radical (unpaired) electrons. The normalized spacial score (nSPS) is 27.4. The van der Waals surface area contributed by atoms with E-state index in [0.717, 1.165) is 57.3 Å². The number of amides is 1. The van der Waals surface area contributed by atoms with Gasteiger partial charge in [0.2, 0.25) is 5.91 Å². The smallest absolute Gasteiger partial charge is 0.336 e. The molecule has 1 amide bonds. The lowest BCUT2D eigenvalue weighted by Gasteiger charge is -2.44. The van der Waals surface area contributed by atoms with Gasteiger partial charge >= 0.3 is 5.97 Å². The predicted molar refractivity (Wildman–Crippen MR) is 104 cm³/mol. The second-order valence-electron chi connectivity index (χ2n) is 8.60. The molecule has 1 unspecified atom stereocenters. The lowest BCUT2D eigenvalue weighted by molar-refractivity contribution is -0.149. The third-order valence-electron chi connectivity index (χ3n) is 6.86. The number of hydrogen-bond donors (Lipinski definition) is 1. The van der Waals surface area contributed by atoms with Gasteiger partial charge < -0.3 is 10.0 Å². The SMILES string of the molecule is O=C(O)c1ccccc1CN1CCC2(CCCN(C3CCCCC3)C2=O)C1. The second kappa shape index (κ2) is 7.63. The topological polar surface area (TPSA) is 60.9 Å². The minimum atomic E-state index is -0.878. The van der Waals surface area contributed by atoms with Crippen molar-refractivity contribution in [2.45, 2.75) is 64.0 Å². The fourth-order valence-corrected chi connectivity index (χ4v) is 5.42. The molecule has 1 aliphatic carbocycles. The first-order valence-electron chi connectivity index (χ1n) is 10.4. The molecule has 1 spiro atoms. The molecule has 1 atom stereocenters. The summed E-state index contributed by atoms with van der Waals surface area (Å²) in [5.41, 5.74) is 0.972. The summed E-state index contributed by atoms with van der Waals surface area (Å²) in [5.74, 6) is -0.508. The largest absolute Gasteiger partial charge is 0.478 e. The van der Waals surface area contributed by atoms with Crippen LogP contribution in [0.3, 0.4) is 0 Å². The fraction of sp³-hybridized carbons (Fsp3) is 0.636. The number of likely N-dealkylation sites (tertiary alicyclic amines) is 2. The zero-order valence-electron chi connectivity index (χ0n) is 16.0. The van der Waals surface area contributed by atoms with Crippen LogP contribution in [-0.4, -0.2) is 52.5 Å². The Kier molecular flexibility index (Phi) is 5.22. The van der Waals surface area contributed by atoms with Gasteiger partial charge in [-0.1, -0.05) is 37.5 Å². The molecule has 1 aromatic carbocycles. The Hall–Kier alpha value is -1.88. The Morgan fingerprint density at radius 2 is 1.85 bits per heavy atom. The summed E-state index contributed by atoms with van der Waals surface area (Å²) < 4.78 is 0. The molecule has 5 nitrogen and oxygen atoms in total. The zero-order chi connectivity index (χ0) is 18.9. The number of carbonyl (C=O) groups excluding carboxylic acids is 1. The van der Waals surface area contributed by atoms with Crippen molar-refractivity contribution >= 4 is 11.9 Å². The van der Waals surface area contributed by atoms with E-state index in [2.05, 4.69) is 9.80 Å². The van der Waals surface area contributed by atoms with Crippen molar-refractivity contribution < 1.29 is 14.7 Å². The van der Waals surface area contributed by atoms with Gasteiger partial charge in [0, 0.05) is 25.7 Å². The van der Waals surface area contributed by atoms with Crippen LogP contribution >= 0.6 is 0 Å². The maximum atomic E-state index is 13.4. The molecule has 4 rings (SSSR count). The summed E-state index contributed by atoms with van der Waals surface area (Å²) in [6, 6.07) is 7.67. The first-order valence-corrected chi connectivity index (χ1v) is 10.4. The maximum Gasteiger partial charge on any atom is 0.336 e. The van der Waals surface area contributed by atoms with Crippen LogP contribution in [0.5, 0.6) is 0 Å². The van der Waals surface area contributed by atoms with Crippen LogP contribution in [0.2, 0.25) is 0 Å². The van der Waals surface area contributed by atoms with Gasteiger partial charge in [-0.05, 0) is 50.3 Å². The Morgan fingerprint density at radius 3 is 2.63 bits per heavy atom. The second-order valence-corrected chi connectivity index (χ2v) is 8.60. The zero-order valence-corrected chi connectivity index (χ0v) is 16.0. The summed E-state index contributed by atoms with van der Waals surface area (Å²) in [5, 5.41) is 9.42. The highest BCUT2D eigenvalue weighted by atomic mass is 16.4. The number of piperidine rings is 1. The Bertz CT molecular complexity index is 713. The number of carboxylic acid groups (broad SMARTS) is 1. The van der Waals surface area contributed by atoms with Crippen molar-refractivity contribution in [3.8, 4) is 0 Å². The van der Waals surface area contributed by atoms with Gasteiger partial charge in [0.15, 0.2) is 0 Å². The minimum Gasteiger partial charge on any atom is -0.478 e. The summed E-state index contributed by atoms with van der Waals surface area (Å²) in [7, 11) is 0. The van der Waals surface area contributed by atoms with Crippen molar-refractivity contribution in [1.82, 2.24) is 9.80 Å². The standard InChI is InChI=1S/C22H30N2O3/c25-20(26)19-10-5-4-7-17(19)15-23-14-12-22(16-23)11-6-13-24(21(22)27)18-8-2-1-3-9-18/h4-5,7,10,18H,1-3,6,8-9,11-16H2,(H,25,26). The highest BCUT2D eigenvalue weighted by molar-refractivity contribution is 5.89. The average molecular weight is 370 g/mol. The number of carbonyl (C=O) groups is 2. The first kappa shape index (κ1) is 18.5. The first-order chi connectivity index (χ1) is 13.1. The molecule has 0 bridgehead atoms. The van der Waals surface area contributed by atoms with Crippen LogP contribution in [-0.2, 0) is 11.3 Å². The Labute approximate surface area is 161 Å². The molecule has 2 aliphatic heterocycles. The van der Waals surface area contributed by atoms with Gasteiger partial charge in [-0.3, -0.25) is 9.69 Å². The monoisotopic (exact) mass is 370 g/mol. The van der Waals surface area contributed by atoms with Crippen molar-refractivity contribution in [1.29, 1.82) is 0 Å². The Balaban J connectivity index is 1.46. The van der Waals surface area contributed by atoms with Crippen molar-refractivity contribution in [2.24, 2.45) is 5.41 Å². The molecular weight excluding hydrogens is 340 g/mol. The number of rotatable bonds is 4. The lowest BCUT2D eigenvalue weighted by Crippen LogP contribution is -2.54. The van der Waals surface area contributed by atoms with E-state index in [9.17, 15) is 14.7 Å². The number of aromatic carboxylic acids is 1. The van der Waals surface area contributed by atoms with Crippen LogP contribution < -0.4 is 0 Å². The summed E-state index contributed by atoms with van der Waals surface area (Å²) in [4.78, 5) is 29.4. The van der Waals surface area contributed by atoms with Crippen LogP contribution in [0.4, 0.5) is 0 Å². The highest BCUT2D eigenvalue weighted by Crippen LogP contribution is 2.42. The minimum absolute atomic E-state index is 0.242. The van der Waals surface area contributed by atoms with E-state index in [1.807, 2.05) is 12.1 Å². The van der Waals surface area contributed by atoms with Crippen LogP contribution in [0.15, 0.2) is 24.3 Å². The van der Waals surface area contributed by atoms with Gasteiger partial charge in [0.1, 0.15) is 0 Å². The van der Waals surface area contributed by atoms with E-state index < -0.39 is 5.97 Å². The van der Waals surface area contributed by atoms with E-state index in [-0.39, 0.29) is 5.41 Å². The maximum absolute atomic E-state index is 13.4. The number of nitrogens with zero attached hydrogens (tertiary/aromatic N) is 2. The molecule has 2 heterocycles. The molecule has 27 heavy (non-hydrogen) atoms. The molecule has 3 aliphatic rings. The predicted octanol–water partition coefficient (Wildman–Crippen LogP) is 3.53. The fourth-order valence-electron chi connectivity index (χ4n) is 5.42. The van der Waals surface area contributed by atoms with Gasteiger partial charge in [-0.15, -0.1) is 0 Å². The molecule has 1 saturated carbocycles. The van der Waals surface area contributed by atoms with Crippen molar-refractivity contribution in [3.05, 3.63) is 35.4 Å². The van der Waals surface area contributed by atoms with Gasteiger partial charge in [-0.2, -0.15) is 0 Å². The van der Waals surface area contributed by atoms with Gasteiger partial charge in [0.25, 0.3) is 0 Å². The van der Waals surface area contributed by atoms with E-state index in [0.29, 0.717) is 24.1 Å². The highest BCUT2D eigenvalue weighted by Gasteiger charge is 2.49. The molecule has 2 saturated heterocycles. The molecule has 5 heteroatoms. The van der Waals surface area contributed by atoms with Crippen molar-refractivity contribution in [2.75, 3.05) is 19.6 Å². The Morgan fingerprint density at radius 1 is 1.07 bits per heavy atom. The molecule has 146 valence electrons. The van der Waals surface area contributed by atoms with Gasteiger partial charge in [-0.25, -0.2) is 4.79 Å². The summed E-state index contributed by atoms with van der Waals surface area (Å²) in [6.45, 7) is 3.18.